The van der Waals surface area contributed by atoms with E-state index in [0.29, 0.717) is 11.7 Å². The van der Waals surface area contributed by atoms with Gasteiger partial charge in [-0.05, 0) is 62.0 Å². The highest BCUT2D eigenvalue weighted by Crippen LogP contribution is 2.42. The van der Waals surface area contributed by atoms with Gasteiger partial charge in [-0.2, -0.15) is 0 Å². The quantitative estimate of drug-likeness (QED) is 0.846. The van der Waals surface area contributed by atoms with Gasteiger partial charge in [-0.1, -0.05) is 13.0 Å². The molecule has 1 aliphatic carbocycles. The zero-order valence-corrected chi connectivity index (χ0v) is 10.5. The molecule has 0 radical (unpaired) electrons. The number of hydrogen-bond donors (Lipinski definition) is 1. The number of benzene rings is 1. The molecule has 1 heterocycles. The van der Waals surface area contributed by atoms with Crippen LogP contribution in [0.25, 0.3) is 0 Å². The van der Waals surface area contributed by atoms with Crippen molar-refractivity contribution in [1.29, 1.82) is 0 Å². The largest absolute Gasteiger partial charge is 0.508 e. The fraction of sp³-hybridized carbons (Fsp3) is 0.600. The minimum absolute atomic E-state index is 0.429. The predicted octanol–water partition coefficient (Wildman–Crippen LogP) is 2.91. The van der Waals surface area contributed by atoms with Crippen LogP contribution in [0, 0.1) is 0 Å². The molecule has 0 spiro atoms. The maximum Gasteiger partial charge on any atom is 0.115 e. The summed E-state index contributed by atoms with van der Waals surface area (Å²) < 4.78 is 0. The lowest BCUT2D eigenvalue weighted by Crippen LogP contribution is -2.35. The molecule has 0 saturated carbocycles. The zero-order valence-electron chi connectivity index (χ0n) is 10.5. The Kier molecular flexibility index (Phi) is 2.83. The van der Waals surface area contributed by atoms with Crippen LogP contribution < -0.4 is 0 Å². The van der Waals surface area contributed by atoms with E-state index in [1.54, 1.807) is 0 Å². The molecule has 1 saturated heterocycles. The van der Waals surface area contributed by atoms with Crippen molar-refractivity contribution in [2.45, 2.75) is 44.6 Å². The number of nitrogens with zero attached hydrogens (tertiary/aromatic N) is 1. The Bertz CT molecular complexity index is 415. The second kappa shape index (κ2) is 4.34. The van der Waals surface area contributed by atoms with Gasteiger partial charge in [0, 0.05) is 12.0 Å². The fourth-order valence-electron chi connectivity index (χ4n) is 3.69. The molecule has 0 bridgehead atoms. The van der Waals surface area contributed by atoms with E-state index in [2.05, 4.69) is 17.9 Å². The number of phenolic OH excluding ortho intramolecular Hbond substituents is 1. The molecule has 2 heteroatoms. The highest BCUT2D eigenvalue weighted by Gasteiger charge is 2.37. The summed E-state index contributed by atoms with van der Waals surface area (Å²) in [5.41, 5.74) is 2.88. The van der Waals surface area contributed by atoms with Gasteiger partial charge in [0.2, 0.25) is 0 Å². The molecule has 3 rings (SSSR count). The second-order valence-electron chi connectivity index (χ2n) is 5.42. The number of likely N-dealkylation sites (tertiary alicyclic amines) is 1. The predicted molar refractivity (Wildman–Crippen MR) is 69.4 cm³/mol. The molecule has 2 nitrogen and oxygen atoms in total. The van der Waals surface area contributed by atoms with Crippen LogP contribution in [0.15, 0.2) is 18.2 Å². The summed E-state index contributed by atoms with van der Waals surface area (Å²) >= 11 is 0. The molecule has 0 amide bonds. The Morgan fingerprint density at radius 1 is 1.35 bits per heavy atom. The van der Waals surface area contributed by atoms with Gasteiger partial charge >= 0.3 is 0 Å². The van der Waals surface area contributed by atoms with Crippen LogP contribution in [-0.2, 0) is 6.42 Å². The summed E-state index contributed by atoms with van der Waals surface area (Å²) in [5, 5.41) is 9.66. The molecular weight excluding hydrogens is 210 g/mol. The minimum Gasteiger partial charge on any atom is -0.508 e. The summed E-state index contributed by atoms with van der Waals surface area (Å²) in [4.78, 5) is 2.65. The van der Waals surface area contributed by atoms with Crippen molar-refractivity contribution in [1.82, 2.24) is 4.90 Å². The average Bonchev–Trinajstić information content (AvgIpc) is 2.73. The minimum atomic E-state index is 0.429. The highest BCUT2D eigenvalue weighted by atomic mass is 16.3. The Morgan fingerprint density at radius 2 is 2.24 bits per heavy atom. The molecule has 1 aromatic rings. The number of aryl methyl sites for hydroxylation is 1. The van der Waals surface area contributed by atoms with Crippen molar-refractivity contribution in [3.63, 3.8) is 0 Å². The topological polar surface area (TPSA) is 23.5 Å². The monoisotopic (exact) mass is 231 g/mol. The van der Waals surface area contributed by atoms with Crippen molar-refractivity contribution in [3.05, 3.63) is 29.3 Å². The van der Waals surface area contributed by atoms with E-state index in [4.69, 9.17) is 0 Å². The van der Waals surface area contributed by atoms with Gasteiger partial charge in [-0.25, -0.2) is 0 Å². The molecule has 1 aliphatic heterocycles. The molecule has 2 atom stereocenters. The van der Waals surface area contributed by atoms with E-state index in [-0.39, 0.29) is 0 Å². The van der Waals surface area contributed by atoms with Gasteiger partial charge in [-0.15, -0.1) is 0 Å². The smallest absolute Gasteiger partial charge is 0.115 e. The SMILES string of the molecule is CCCN1CC[C@@H]2c3cc(O)ccc3CC[C@H]21. The van der Waals surface area contributed by atoms with Crippen LogP contribution in [0.3, 0.4) is 0 Å². The molecule has 92 valence electrons. The second-order valence-corrected chi connectivity index (χ2v) is 5.42. The van der Waals surface area contributed by atoms with Crippen LogP contribution in [0.4, 0.5) is 0 Å². The number of phenols is 1. The van der Waals surface area contributed by atoms with Crippen LogP contribution >= 0.6 is 0 Å². The summed E-state index contributed by atoms with van der Waals surface area (Å²) in [6.07, 6.45) is 4.98. The lowest BCUT2D eigenvalue weighted by molar-refractivity contribution is 0.227. The maximum atomic E-state index is 9.66. The highest BCUT2D eigenvalue weighted by molar-refractivity contribution is 5.40. The molecule has 17 heavy (non-hydrogen) atoms. The number of rotatable bonds is 2. The Morgan fingerprint density at radius 3 is 3.06 bits per heavy atom. The lowest BCUT2D eigenvalue weighted by atomic mass is 9.79. The number of fused-ring (bicyclic) bond motifs is 3. The number of aromatic hydroxyl groups is 1. The van der Waals surface area contributed by atoms with Gasteiger partial charge < -0.3 is 5.11 Å². The zero-order chi connectivity index (χ0) is 11.8. The molecule has 2 aliphatic rings. The van der Waals surface area contributed by atoms with Gasteiger partial charge in [0.25, 0.3) is 0 Å². The number of hydrogen-bond acceptors (Lipinski definition) is 2. The molecule has 1 fully saturated rings. The molecule has 1 aromatic carbocycles. The summed E-state index contributed by atoms with van der Waals surface area (Å²) in [7, 11) is 0. The Labute approximate surface area is 103 Å². The van der Waals surface area contributed by atoms with Crippen LogP contribution in [0.5, 0.6) is 5.75 Å². The van der Waals surface area contributed by atoms with E-state index in [9.17, 15) is 5.11 Å². The van der Waals surface area contributed by atoms with Crippen molar-refractivity contribution in [2.24, 2.45) is 0 Å². The average molecular weight is 231 g/mol. The third-order valence-electron chi connectivity index (χ3n) is 4.41. The first-order valence-corrected chi connectivity index (χ1v) is 6.85. The molecule has 0 unspecified atom stereocenters. The van der Waals surface area contributed by atoms with Gasteiger partial charge in [0.05, 0.1) is 0 Å². The van der Waals surface area contributed by atoms with E-state index < -0.39 is 0 Å². The molecular formula is C15H21NO. The molecule has 0 aromatic heterocycles. The fourth-order valence-corrected chi connectivity index (χ4v) is 3.69. The van der Waals surface area contributed by atoms with Crippen LogP contribution in [0.2, 0.25) is 0 Å². The Hall–Kier alpha value is -1.02. The van der Waals surface area contributed by atoms with Crippen molar-refractivity contribution in [3.8, 4) is 5.75 Å². The summed E-state index contributed by atoms with van der Waals surface area (Å²) in [6, 6.07) is 6.67. The first-order valence-electron chi connectivity index (χ1n) is 6.85. The van der Waals surface area contributed by atoms with Crippen LogP contribution in [-0.4, -0.2) is 29.1 Å². The first kappa shape index (κ1) is 11.1. The molecule has 1 N–H and O–H groups in total. The van der Waals surface area contributed by atoms with Gasteiger partial charge in [0.15, 0.2) is 0 Å². The summed E-state index contributed by atoms with van der Waals surface area (Å²) in [6.45, 7) is 4.73. The third-order valence-corrected chi connectivity index (χ3v) is 4.41. The standard InChI is InChI=1S/C15H21NO/c1-2-8-16-9-7-13-14-10-12(17)5-3-11(14)4-6-15(13)16/h3,5,10,13,15,17H,2,4,6-9H2,1H3/t13-,15-/m1/s1. The van der Waals surface area contributed by atoms with E-state index in [1.807, 2.05) is 12.1 Å². The van der Waals surface area contributed by atoms with Crippen molar-refractivity contribution < 1.29 is 5.11 Å². The maximum absolute atomic E-state index is 9.66. The van der Waals surface area contributed by atoms with Crippen molar-refractivity contribution >= 4 is 0 Å². The van der Waals surface area contributed by atoms with Gasteiger partial charge in [0.1, 0.15) is 5.75 Å². The summed E-state index contributed by atoms with van der Waals surface area (Å²) in [5.74, 6) is 1.09. The lowest BCUT2D eigenvalue weighted by Gasteiger charge is -2.33. The van der Waals surface area contributed by atoms with Crippen molar-refractivity contribution in [2.75, 3.05) is 13.1 Å². The van der Waals surface area contributed by atoms with E-state index >= 15 is 0 Å². The van der Waals surface area contributed by atoms with E-state index in [0.717, 1.165) is 6.04 Å². The van der Waals surface area contributed by atoms with E-state index in [1.165, 1.54) is 49.9 Å². The third kappa shape index (κ3) is 1.85. The van der Waals surface area contributed by atoms with Gasteiger partial charge in [-0.3, -0.25) is 4.90 Å². The van der Waals surface area contributed by atoms with Crippen LogP contribution in [0.1, 0.15) is 43.2 Å². The Balaban J connectivity index is 1.90. The first-order chi connectivity index (χ1) is 8.29. The normalized spacial score (nSPS) is 27.8.